The van der Waals surface area contributed by atoms with Crippen LogP contribution >= 0.6 is 15.9 Å². The molecule has 2 aliphatic rings. The number of rotatable bonds is 3. The number of nitrogens with two attached hydrogens (primary N) is 1. The smallest absolute Gasteiger partial charge is 0.222 e. The number of aryl methyl sites for hydroxylation is 2. The van der Waals surface area contributed by atoms with E-state index in [9.17, 15) is 4.79 Å². The van der Waals surface area contributed by atoms with Gasteiger partial charge in [0, 0.05) is 30.0 Å². The molecule has 1 aliphatic heterocycles. The van der Waals surface area contributed by atoms with Crippen LogP contribution < -0.4 is 5.73 Å². The predicted molar refractivity (Wildman–Crippen MR) is 88.0 cm³/mol. The molecule has 1 amide bonds. The Hall–Kier alpha value is -0.870. The fourth-order valence-electron chi connectivity index (χ4n) is 3.78. The number of benzene rings is 1. The number of carbonyl (C=O) groups is 1. The van der Waals surface area contributed by atoms with Gasteiger partial charge in [-0.05, 0) is 55.2 Å². The van der Waals surface area contributed by atoms with E-state index in [-0.39, 0.29) is 5.91 Å². The Balaban J connectivity index is 1.54. The highest BCUT2D eigenvalue weighted by Gasteiger charge is 2.42. The molecule has 3 atom stereocenters. The first-order valence-electron chi connectivity index (χ1n) is 7.83. The minimum Gasteiger partial charge on any atom is -0.342 e. The summed E-state index contributed by atoms with van der Waals surface area (Å²) < 4.78 is 1.12. The van der Waals surface area contributed by atoms with Crippen molar-refractivity contribution in [2.75, 3.05) is 13.1 Å². The molecule has 0 radical (unpaired) electrons. The Bertz CT molecular complexity index is 546. The first-order chi connectivity index (χ1) is 10.0. The molecule has 2 fully saturated rings. The second kappa shape index (κ2) is 6.09. The first kappa shape index (κ1) is 15.0. The molecule has 1 saturated heterocycles. The number of carbonyl (C=O) groups excluding carboxylic acids is 1. The van der Waals surface area contributed by atoms with Crippen molar-refractivity contribution in [3.8, 4) is 0 Å². The van der Waals surface area contributed by atoms with Gasteiger partial charge in [0.2, 0.25) is 5.91 Å². The molecule has 2 N–H and O–H groups in total. The van der Waals surface area contributed by atoms with E-state index in [0.717, 1.165) is 30.4 Å². The highest BCUT2D eigenvalue weighted by atomic mass is 79.9. The molecular weight excluding hydrogens is 328 g/mol. The van der Waals surface area contributed by atoms with Gasteiger partial charge in [-0.2, -0.15) is 0 Å². The lowest BCUT2D eigenvalue weighted by Gasteiger charge is -2.18. The number of hydrogen-bond donors (Lipinski definition) is 1. The molecule has 0 bridgehead atoms. The molecule has 1 aromatic rings. The maximum atomic E-state index is 12.4. The highest BCUT2D eigenvalue weighted by molar-refractivity contribution is 9.10. The maximum Gasteiger partial charge on any atom is 0.222 e. The molecule has 4 heteroatoms. The molecule has 1 aliphatic carbocycles. The molecule has 3 rings (SSSR count). The summed E-state index contributed by atoms with van der Waals surface area (Å²) in [5.74, 6) is 1.49. The summed E-state index contributed by atoms with van der Waals surface area (Å²) in [4.78, 5) is 14.4. The summed E-state index contributed by atoms with van der Waals surface area (Å²) in [5.41, 5.74) is 8.60. The van der Waals surface area contributed by atoms with Crippen LogP contribution in [0.4, 0.5) is 0 Å². The van der Waals surface area contributed by atoms with Crippen LogP contribution in [0.25, 0.3) is 0 Å². The van der Waals surface area contributed by atoms with E-state index in [0.29, 0.717) is 24.3 Å². The van der Waals surface area contributed by atoms with Crippen LogP contribution in [0.2, 0.25) is 0 Å². The van der Waals surface area contributed by atoms with E-state index in [4.69, 9.17) is 5.73 Å². The van der Waals surface area contributed by atoms with Gasteiger partial charge < -0.3 is 10.6 Å². The van der Waals surface area contributed by atoms with Crippen LogP contribution in [0.1, 0.15) is 30.4 Å². The van der Waals surface area contributed by atoms with Crippen molar-refractivity contribution in [2.24, 2.45) is 17.6 Å². The van der Waals surface area contributed by atoms with Crippen molar-refractivity contribution in [3.05, 3.63) is 33.8 Å². The number of nitrogens with zero attached hydrogens (tertiary/aromatic N) is 1. The lowest BCUT2D eigenvalue weighted by Crippen LogP contribution is -2.33. The predicted octanol–water partition coefficient (Wildman–Crippen LogP) is 2.89. The van der Waals surface area contributed by atoms with Crippen LogP contribution in [0.5, 0.6) is 0 Å². The average Bonchev–Trinajstić information content (AvgIpc) is 3.02. The van der Waals surface area contributed by atoms with Gasteiger partial charge in [0.15, 0.2) is 0 Å². The Labute approximate surface area is 135 Å². The normalized spacial score (nSPS) is 28.0. The Morgan fingerprint density at radius 1 is 1.38 bits per heavy atom. The van der Waals surface area contributed by atoms with Gasteiger partial charge in [-0.25, -0.2) is 0 Å². The second-order valence-electron chi connectivity index (χ2n) is 6.55. The third-order valence-electron chi connectivity index (χ3n) is 5.11. The SMILES string of the molecule is Cc1cc(CCC(=O)N2CC3CCC(N)C3C2)ccc1Br. The molecule has 0 spiro atoms. The average molecular weight is 351 g/mol. The lowest BCUT2D eigenvalue weighted by molar-refractivity contribution is -0.130. The van der Waals surface area contributed by atoms with Crippen LogP contribution in [-0.2, 0) is 11.2 Å². The fraction of sp³-hybridized carbons (Fsp3) is 0.588. The number of amides is 1. The number of halogens is 1. The summed E-state index contributed by atoms with van der Waals surface area (Å²) in [6.45, 7) is 3.89. The molecule has 1 heterocycles. The zero-order valence-electron chi connectivity index (χ0n) is 12.5. The van der Waals surface area contributed by atoms with Crippen LogP contribution in [0.15, 0.2) is 22.7 Å². The Kier molecular flexibility index (Phi) is 4.36. The molecule has 3 unspecified atom stereocenters. The molecule has 0 aromatic heterocycles. The summed E-state index contributed by atoms with van der Waals surface area (Å²) in [5, 5.41) is 0. The zero-order valence-corrected chi connectivity index (χ0v) is 14.1. The topological polar surface area (TPSA) is 46.3 Å². The van der Waals surface area contributed by atoms with Crippen molar-refractivity contribution in [2.45, 2.75) is 38.6 Å². The van der Waals surface area contributed by atoms with Gasteiger partial charge in [-0.15, -0.1) is 0 Å². The maximum absolute atomic E-state index is 12.4. The van der Waals surface area contributed by atoms with Crippen LogP contribution in [0.3, 0.4) is 0 Å². The third kappa shape index (κ3) is 3.16. The highest BCUT2D eigenvalue weighted by Crippen LogP contribution is 2.37. The minimum absolute atomic E-state index is 0.289. The van der Waals surface area contributed by atoms with E-state index in [1.165, 1.54) is 17.5 Å². The zero-order chi connectivity index (χ0) is 15.0. The van der Waals surface area contributed by atoms with Gasteiger partial charge in [-0.1, -0.05) is 28.1 Å². The summed E-state index contributed by atoms with van der Waals surface area (Å²) in [6.07, 6.45) is 3.76. The summed E-state index contributed by atoms with van der Waals surface area (Å²) in [7, 11) is 0. The van der Waals surface area contributed by atoms with Crippen molar-refractivity contribution >= 4 is 21.8 Å². The molecule has 1 aromatic carbocycles. The third-order valence-corrected chi connectivity index (χ3v) is 6.00. The van der Waals surface area contributed by atoms with E-state index in [2.05, 4.69) is 41.1 Å². The van der Waals surface area contributed by atoms with E-state index >= 15 is 0 Å². The first-order valence-corrected chi connectivity index (χ1v) is 8.62. The van der Waals surface area contributed by atoms with Crippen molar-refractivity contribution in [3.63, 3.8) is 0 Å². The van der Waals surface area contributed by atoms with E-state index in [1.807, 2.05) is 4.90 Å². The minimum atomic E-state index is 0.289. The Morgan fingerprint density at radius 3 is 2.90 bits per heavy atom. The monoisotopic (exact) mass is 350 g/mol. The second-order valence-corrected chi connectivity index (χ2v) is 7.40. The van der Waals surface area contributed by atoms with Gasteiger partial charge in [0.25, 0.3) is 0 Å². The van der Waals surface area contributed by atoms with Gasteiger partial charge >= 0.3 is 0 Å². The molecule has 3 nitrogen and oxygen atoms in total. The van der Waals surface area contributed by atoms with Gasteiger partial charge in [0.05, 0.1) is 0 Å². The number of fused-ring (bicyclic) bond motifs is 1. The largest absolute Gasteiger partial charge is 0.342 e. The Morgan fingerprint density at radius 2 is 2.19 bits per heavy atom. The van der Waals surface area contributed by atoms with Gasteiger partial charge in [-0.3, -0.25) is 4.79 Å². The summed E-state index contributed by atoms with van der Waals surface area (Å²) in [6, 6.07) is 6.63. The molecule has 21 heavy (non-hydrogen) atoms. The molecular formula is C17H23BrN2O. The van der Waals surface area contributed by atoms with E-state index < -0.39 is 0 Å². The quantitative estimate of drug-likeness (QED) is 0.910. The molecule has 1 saturated carbocycles. The number of likely N-dealkylation sites (tertiary alicyclic amines) is 1. The fourth-order valence-corrected chi connectivity index (χ4v) is 4.03. The van der Waals surface area contributed by atoms with Crippen LogP contribution in [0, 0.1) is 18.8 Å². The summed E-state index contributed by atoms with van der Waals surface area (Å²) >= 11 is 3.51. The van der Waals surface area contributed by atoms with Crippen molar-refractivity contribution in [1.82, 2.24) is 4.90 Å². The van der Waals surface area contributed by atoms with Gasteiger partial charge in [0.1, 0.15) is 0 Å². The molecule has 114 valence electrons. The number of hydrogen-bond acceptors (Lipinski definition) is 2. The van der Waals surface area contributed by atoms with Crippen molar-refractivity contribution < 1.29 is 4.79 Å². The van der Waals surface area contributed by atoms with E-state index in [1.54, 1.807) is 0 Å². The van der Waals surface area contributed by atoms with Crippen molar-refractivity contribution in [1.29, 1.82) is 0 Å². The standard InChI is InChI=1S/C17H23BrN2O/c1-11-8-12(2-5-15(11)18)3-7-17(21)20-9-13-4-6-16(19)14(13)10-20/h2,5,8,13-14,16H,3-4,6-7,9-10,19H2,1H3. The lowest BCUT2D eigenvalue weighted by atomic mass is 9.98. The van der Waals surface area contributed by atoms with Crippen LogP contribution in [-0.4, -0.2) is 29.9 Å².